The SMILES string of the molecule is CCSCCC(C)NS(=O)(=O)c1cccc(C#CCO)c1. The number of thioether (sulfide) groups is 1. The van der Waals surface area contributed by atoms with Crippen LogP contribution in [0.4, 0.5) is 0 Å². The van der Waals surface area contributed by atoms with Crippen molar-refractivity contribution >= 4 is 21.8 Å². The molecule has 1 rings (SSSR count). The molecule has 0 aliphatic carbocycles. The molecule has 1 aromatic carbocycles. The van der Waals surface area contributed by atoms with Crippen LogP contribution in [0.15, 0.2) is 29.2 Å². The second-order valence-corrected chi connectivity index (χ2v) is 7.60. The third-order valence-corrected chi connectivity index (χ3v) is 5.23. The fraction of sp³-hybridized carbons (Fsp3) is 0.467. The summed E-state index contributed by atoms with van der Waals surface area (Å²) in [5.74, 6) is 7.18. The van der Waals surface area contributed by atoms with Crippen molar-refractivity contribution < 1.29 is 13.5 Å². The van der Waals surface area contributed by atoms with Crippen LogP contribution in [0.1, 0.15) is 25.8 Å². The van der Waals surface area contributed by atoms with Gasteiger partial charge in [-0.3, -0.25) is 0 Å². The van der Waals surface area contributed by atoms with Gasteiger partial charge in [0.15, 0.2) is 0 Å². The quantitative estimate of drug-likeness (QED) is 0.592. The summed E-state index contributed by atoms with van der Waals surface area (Å²) in [6.45, 7) is 3.70. The van der Waals surface area contributed by atoms with Crippen molar-refractivity contribution in [1.29, 1.82) is 0 Å². The molecule has 116 valence electrons. The van der Waals surface area contributed by atoms with Crippen molar-refractivity contribution in [2.75, 3.05) is 18.1 Å². The smallest absolute Gasteiger partial charge is 0.240 e. The maximum Gasteiger partial charge on any atom is 0.240 e. The molecule has 1 unspecified atom stereocenters. The second-order valence-electron chi connectivity index (χ2n) is 4.50. The number of rotatable bonds is 7. The Bertz CT molecular complexity index is 603. The Morgan fingerprint density at radius 1 is 1.43 bits per heavy atom. The van der Waals surface area contributed by atoms with Gasteiger partial charge in [-0.15, -0.1) is 0 Å². The van der Waals surface area contributed by atoms with Gasteiger partial charge in [-0.2, -0.15) is 11.8 Å². The Hall–Kier alpha value is -1.00. The molecule has 21 heavy (non-hydrogen) atoms. The van der Waals surface area contributed by atoms with Crippen molar-refractivity contribution in [3.8, 4) is 11.8 Å². The largest absolute Gasteiger partial charge is 0.384 e. The first kappa shape index (κ1) is 18.1. The highest BCUT2D eigenvalue weighted by Gasteiger charge is 2.17. The van der Waals surface area contributed by atoms with E-state index in [1.807, 2.05) is 6.92 Å². The van der Waals surface area contributed by atoms with Gasteiger partial charge in [-0.05, 0) is 43.0 Å². The van der Waals surface area contributed by atoms with Crippen LogP contribution in [-0.2, 0) is 10.0 Å². The minimum atomic E-state index is -3.53. The number of aliphatic hydroxyl groups is 1. The molecule has 0 aliphatic heterocycles. The Balaban J connectivity index is 2.78. The predicted molar refractivity (Wildman–Crippen MR) is 87.8 cm³/mol. The summed E-state index contributed by atoms with van der Waals surface area (Å²) in [6.07, 6.45) is 0.793. The zero-order valence-electron chi connectivity index (χ0n) is 12.3. The summed E-state index contributed by atoms with van der Waals surface area (Å²) >= 11 is 1.79. The minimum absolute atomic E-state index is 0.110. The summed E-state index contributed by atoms with van der Waals surface area (Å²) < 4.78 is 27.2. The lowest BCUT2D eigenvalue weighted by Gasteiger charge is -2.14. The molecular formula is C15H21NO3S2. The van der Waals surface area contributed by atoms with Crippen LogP contribution in [0, 0.1) is 11.8 Å². The average molecular weight is 327 g/mol. The molecule has 0 aromatic heterocycles. The number of aliphatic hydroxyl groups excluding tert-OH is 1. The first-order valence-corrected chi connectivity index (χ1v) is 9.43. The molecule has 0 bridgehead atoms. The van der Waals surface area contributed by atoms with E-state index in [9.17, 15) is 8.42 Å². The molecular weight excluding hydrogens is 306 g/mol. The summed E-state index contributed by atoms with van der Waals surface area (Å²) in [6, 6.07) is 6.30. The third-order valence-electron chi connectivity index (χ3n) is 2.71. The van der Waals surface area contributed by atoms with Crippen molar-refractivity contribution in [2.45, 2.75) is 31.2 Å². The van der Waals surface area contributed by atoms with Crippen molar-refractivity contribution in [3.63, 3.8) is 0 Å². The Morgan fingerprint density at radius 3 is 2.86 bits per heavy atom. The molecule has 0 saturated heterocycles. The van der Waals surface area contributed by atoms with E-state index in [2.05, 4.69) is 23.5 Å². The molecule has 0 amide bonds. The fourth-order valence-electron chi connectivity index (χ4n) is 1.68. The minimum Gasteiger partial charge on any atom is -0.384 e. The normalized spacial score (nSPS) is 12.5. The molecule has 0 radical (unpaired) electrons. The Morgan fingerprint density at radius 2 is 2.19 bits per heavy atom. The lowest BCUT2D eigenvalue weighted by Crippen LogP contribution is -2.33. The van der Waals surface area contributed by atoms with E-state index >= 15 is 0 Å². The van der Waals surface area contributed by atoms with E-state index in [0.29, 0.717) is 5.56 Å². The van der Waals surface area contributed by atoms with E-state index in [1.165, 1.54) is 6.07 Å². The summed E-state index contributed by atoms with van der Waals surface area (Å²) in [5.41, 5.74) is 0.570. The second kappa shape index (κ2) is 9.11. The third kappa shape index (κ3) is 6.53. The number of hydrogen-bond acceptors (Lipinski definition) is 4. The van der Waals surface area contributed by atoms with Crippen LogP contribution in [0.3, 0.4) is 0 Å². The van der Waals surface area contributed by atoms with E-state index in [1.54, 1.807) is 30.0 Å². The molecule has 4 nitrogen and oxygen atoms in total. The van der Waals surface area contributed by atoms with Crippen molar-refractivity contribution in [3.05, 3.63) is 29.8 Å². The van der Waals surface area contributed by atoms with Crippen LogP contribution in [0.5, 0.6) is 0 Å². The van der Waals surface area contributed by atoms with Crippen molar-refractivity contribution in [1.82, 2.24) is 4.72 Å². The molecule has 1 aromatic rings. The molecule has 0 aliphatic rings. The monoisotopic (exact) mass is 327 g/mol. The summed E-state index contributed by atoms with van der Waals surface area (Å²) in [7, 11) is -3.53. The predicted octanol–water partition coefficient (Wildman–Crippen LogP) is 1.84. The molecule has 2 N–H and O–H groups in total. The molecule has 6 heteroatoms. The van der Waals surface area contributed by atoms with Crippen molar-refractivity contribution in [2.24, 2.45) is 0 Å². The fourth-order valence-corrected chi connectivity index (χ4v) is 3.81. The zero-order valence-corrected chi connectivity index (χ0v) is 13.9. The highest BCUT2D eigenvalue weighted by Crippen LogP contribution is 2.13. The topological polar surface area (TPSA) is 66.4 Å². The van der Waals surface area contributed by atoms with Gasteiger partial charge in [0.05, 0.1) is 4.90 Å². The maximum absolute atomic E-state index is 12.3. The van der Waals surface area contributed by atoms with Crippen LogP contribution < -0.4 is 4.72 Å². The molecule has 0 spiro atoms. The van der Waals surface area contributed by atoms with Gasteiger partial charge in [0.2, 0.25) is 10.0 Å². The highest BCUT2D eigenvalue weighted by atomic mass is 32.2. The van der Waals surface area contributed by atoms with Gasteiger partial charge < -0.3 is 5.11 Å². The first-order valence-electron chi connectivity index (χ1n) is 6.79. The van der Waals surface area contributed by atoms with Gasteiger partial charge >= 0.3 is 0 Å². The number of sulfonamides is 1. The first-order chi connectivity index (χ1) is 9.99. The maximum atomic E-state index is 12.3. The van der Waals surface area contributed by atoms with Gasteiger partial charge in [-0.25, -0.2) is 13.1 Å². The van der Waals surface area contributed by atoms with Gasteiger partial charge in [-0.1, -0.05) is 24.8 Å². The van der Waals surface area contributed by atoms with Crippen LogP contribution in [0.25, 0.3) is 0 Å². The van der Waals surface area contributed by atoms with Crippen LogP contribution in [0.2, 0.25) is 0 Å². The van der Waals surface area contributed by atoms with Gasteiger partial charge in [0.1, 0.15) is 6.61 Å². The standard InChI is InChI=1S/C15H21NO3S2/c1-3-20-11-9-13(2)16-21(18,19)15-8-4-6-14(12-15)7-5-10-17/h4,6,8,12-13,16-17H,3,9-11H2,1-2H3. The Kier molecular flexibility index (Phi) is 7.83. The summed E-state index contributed by atoms with van der Waals surface area (Å²) in [4.78, 5) is 0.197. The molecule has 1 atom stereocenters. The molecule has 0 heterocycles. The van der Waals surface area contributed by atoms with Gasteiger partial charge in [0, 0.05) is 11.6 Å². The number of benzene rings is 1. The van der Waals surface area contributed by atoms with Gasteiger partial charge in [0.25, 0.3) is 0 Å². The highest BCUT2D eigenvalue weighted by molar-refractivity contribution is 7.99. The lowest BCUT2D eigenvalue weighted by atomic mass is 10.2. The zero-order chi connectivity index (χ0) is 15.7. The van der Waals surface area contributed by atoms with E-state index in [4.69, 9.17) is 5.11 Å². The molecule has 0 saturated carbocycles. The van der Waals surface area contributed by atoms with E-state index in [-0.39, 0.29) is 17.5 Å². The lowest BCUT2D eigenvalue weighted by molar-refractivity contribution is 0.350. The number of nitrogens with one attached hydrogen (secondary N) is 1. The van der Waals surface area contributed by atoms with Crippen LogP contribution in [-0.4, -0.2) is 37.7 Å². The Labute approximate surface area is 131 Å². The summed E-state index contributed by atoms with van der Waals surface area (Å²) in [5, 5.41) is 8.67. The van der Waals surface area contributed by atoms with Crippen LogP contribution >= 0.6 is 11.8 Å². The number of hydrogen-bond donors (Lipinski definition) is 2. The van der Waals surface area contributed by atoms with E-state index < -0.39 is 10.0 Å². The average Bonchev–Trinajstić information content (AvgIpc) is 2.45. The molecule has 0 fully saturated rings. The van der Waals surface area contributed by atoms with E-state index in [0.717, 1.165) is 17.9 Å².